The topological polar surface area (TPSA) is 72.0 Å². The molecule has 114 valence electrons. The SMILES string of the molecule is CN(C)CCn1ncc(Cl)c1C(Cc1ccncc1)NN. The fraction of sp³-hybridized carbons (Fsp3) is 0.429. The molecule has 6 nitrogen and oxygen atoms in total. The van der Waals surface area contributed by atoms with Crippen LogP contribution in [0.2, 0.25) is 5.02 Å². The van der Waals surface area contributed by atoms with E-state index in [1.54, 1.807) is 18.6 Å². The first-order chi connectivity index (χ1) is 10.1. The highest BCUT2D eigenvalue weighted by Crippen LogP contribution is 2.25. The highest BCUT2D eigenvalue weighted by Gasteiger charge is 2.19. The molecule has 7 heteroatoms. The molecular formula is C14H21ClN6. The van der Waals surface area contributed by atoms with Crippen molar-refractivity contribution in [2.45, 2.75) is 19.0 Å². The Morgan fingerprint density at radius 1 is 1.38 bits per heavy atom. The van der Waals surface area contributed by atoms with Crippen molar-refractivity contribution < 1.29 is 0 Å². The average Bonchev–Trinajstić information content (AvgIpc) is 2.85. The molecule has 0 radical (unpaired) electrons. The lowest BCUT2D eigenvalue weighted by atomic mass is 10.0. The summed E-state index contributed by atoms with van der Waals surface area (Å²) in [6.45, 7) is 1.65. The summed E-state index contributed by atoms with van der Waals surface area (Å²) < 4.78 is 1.91. The van der Waals surface area contributed by atoms with Crippen LogP contribution >= 0.6 is 11.6 Å². The number of hydrogen-bond acceptors (Lipinski definition) is 5. The van der Waals surface area contributed by atoms with Crippen LogP contribution in [0.1, 0.15) is 17.3 Å². The highest BCUT2D eigenvalue weighted by molar-refractivity contribution is 6.31. The summed E-state index contributed by atoms with van der Waals surface area (Å²) in [5.41, 5.74) is 4.90. The van der Waals surface area contributed by atoms with Crippen LogP contribution in [0.15, 0.2) is 30.7 Å². The van der Waals surface area contributed by atoms with Crippen LogP contribution in [0.3, 0.4) is 0 Å². The number of aromatic nitrogens is 3. The van der Waals surface area contributed by atoms with Crippen LogP contribution < -0.4 is 11.3 Å². The second kappa shape index (κ2) is 7.51. The standard InChI is InChI=1S/C14H21ClN6/c1-20(2)7-8-21-14(12(15)10-18-21)13(19-16)9-11-3-5-17-6-4-11/h3-6,10,13,19H,7-9,16H2,1-2H3. The smallest absolute Gasteiger partial charge is 0.0834 e. The Bertz CT molecular complexity index is 554. The zero-order chi connectivity index (χ0) is 15.2. The maximum absolute atomic E-state index is 6.30. The lowest BCUT2D eigenvalue weighted by Crippen LogP contribution is -2.32. The Morgan fingerprint density at radius 2 is 2.10 bits per heavy atom. The highest BCUT2D eigenvalue weighted by atomic mass is 35.5. The molecule has 0 amide bonds. The van der Waals surface area contributed by atoms with Crippen LogP contribution in [0, 0.1) is 0 Å². The minimum absolute atomic E-state index is 0.0930. The van der Waals surface area contributed by atoms with Gasteiger partial charge in [-0.05, 0) is 38.2 Å². The van der Waals surface area contributed by atoms with Crippen LogP contribution in [-0.4, -0.2) is 40.3 Å². The van der Waals surface area contributed by atoms with Crippen LogP contribution in [0.4, 0.5) is 0 Å². The van der Waals surface area contributed by atoms with Gasteiger partial charge >= 0.3 is 0 Å². The monoisotopic (exact) mass is 308 g/mol. The number of nitrogens with two attached hydrogens (primary N) is 1. The van der Waals surface area contributed by atoms with Gasteiger partial charge in [-0.25, -0.2) is 0 Å². The summed E-state index contributed by atoms with van der Waals surface area (Å²) in [7, 11) is 4.06. The maximum atomic E-state index is 6.30. The van der Waals surface area contributed by atoms with E-state index in [0.717, 1.165) is 30.8 Å². The number of hydrogen-bond donors (Lipinski definition) is 2. The minimum Gasteiger partial charge on any atom is -0.308 e. The molecule has 0 fully saturated rings. The molecule has 1 unspecified atom stereocenters. The molecule has 0 spiro atoms. The Kier molecular flexibility index (Phi) is 5.69. The number of nitrogens with one attached hydrogen (secondary N) is 1. The first-order valence-corrected chi connectivity index (χ1v) is 7.20. The second-order valence-electron chi connectivity index (χ2n) is 5.18. The third-order valence-corrected chi connectivity index (χ3v) is 3.60. The quantitative estimate of drug-likeness (QED) is 0.595. The zero-order valence-corrected chi connectivity index (χ0v) is 13.1. The zero-order valence-electron chi connectivity index (χ0n) is 12.3. The van der Waals surface area contributed by atoms with Gasteiger partial charge in [0.1, 0.15) is 0 Å². The molecular weight excluding hydrogens is 288 g/mol. The average molecular weight is 309 g/mol. The molecule has 0 aliphatic rings. The van der Waals surface area contributed by atoms with Gasteiger partial charge in [0, 0.05) is 18.9 Å². The summed E-state index contributed by atoms with van der Waals surface area (Å²) in [6, 6.07) is 3.85. The van der Waals surface area contributed by atoms with Crippen molar-refractivity contribution in [3.8, 4) is 0 Å². The van der Waals surface area contributed by atoms with Crippen molar-refractivity contribution in [1.29, 1.82) is 0 Å². The van der Waals surface area contributed by atoms with E-state index in [2.05, 4.69) is 20.4 Å². The van der Waals surface area contributed by atoms with Gasteiger partial charge < -0.3 is 4.90 Å². The predicted molar refractivity (Wildman–Crippen MR) is 83.8 cm³/mol. The third-order valence-electron chi connectivity index (χ3n) is 3.31. The van der Waals surface area contributed by atoms with E-state index in [1.807, 2.05) is 30.9 Å². The summed E-state index contributed by atoms with van der Waals surface area (Å²) in [4.78, 5) is 6.13. The van der Waals surface area contributed by atoms with Gasteiger partial charge in [-0.2, -0.15) is 5.10 Å². The van der Waals surface area contributed by atoms with Gasteiger partial charge in [0.15, 0.2) is 0 Å². The van der Waals surface area contributed by atoms with Crippen molar-refractivity contribution in [1.82, 2.24) is 25.1 Å². The van der Waals surface area contributed by atoms with Gasteiger partial charge in [0.2, 0.25) is 0 Å². The van der Waals surface area contributed by atoms with Crippen molar-refractivity contribution in [2.24, 2.45) is 5.84 Å². The molecule has 2 aromatic heterocycles. The summed E-state index contributed by atoms with van der Waals surface area (Å²) in [5, 5.41) is 4.98. The fourth-order valence-corrected chi connectivity index (χ4v) is 2.45. The van der Waals surface area contributed by atoms with Crippen molar-refractivity contribution >= 4 is 11.6 Å². The number of rotatable bonds is 7. The molecule has 21 heavy (non-hydrogen) atoms. The van der Waals surface area contributed by atoms with Crippen LogP contribution in [0.5, 0.6) is 0 Å². The lowest BCUT2D eigenvalue weighted by Gasteiger charge is -2.19. The Balaban J connectivity index is 2.19. The van der Waals surface area contributed by atoms with Crippen molar-refractivity contribution in [2.75, 3.05) is 20.6 Å². The van der Waals surface area contributed by atoms with E-state index in [4.69, 9.17) is 17.4 Å². The molecule has 2 rings (SSSR count). The molecule has 0 saturated heterocycles. The van der Waals surface area contributed by atoms with Gasteiger partial charge in [-0.1, -0.05) is 11.6 Å². The number of hydrazine groups is 1. The molecule has 1 atom stereocenters. The second-order valence-corrected chi connectivity index (χ2v) is 5.59. The van der Waals surface area contributed by atoms with Gasteiger partial charge in [0.05, 0.1) is 29.5 Å². The van der Waals surface area contributed by atoms with Gasteiger partial charge in [0.25, 0.3) is 0 Å². The van der Waals surface area contributed by atoms with Crippen molar-refractivity contribution in [3.05, 3.63) is 47.0 Å². The minimum atomic E-state index is -0.0930. The maximum Gasteiger partial charge on any atom is 0.0834 e. The van der Waals surface area contributed by atoms with E-state index >= 15 is 0 Å². The molecule has 0 saturated carbocycles. The molecule has 0 aromatic carbocycles. The van der Waals surface area contributed by atoms with Crippen molar-refractivity contribution in [3.63, 3.8) is 0 Å². The molecule has 0 aliphatic carbocycles. The summed E-state index contributed by atoms with van der Waals surface area (Å²) >= 11 is 6.30. The van der Waals surface area contributed by atoms with E-state index in [0.29, 0.717) is 5.02 Å². The van der Waals surface area contributed by atoms with Gasteiger partial charge in [-0.15, -0.1) is 0 Å². The first kappa shape index (κ1) is 15.9. The molecule has 2 aromatic rings. The fourth-order valence-electron chi connectivity index (χ4n) is 2.18. The number of likely N-dealkylation sites (N-methyl/N-ethyl adjacent to an activating group) is 1. The predicted octanol–water partition coefficient (Wildman–Crippen LogP) is 1.24. The van der Waals surface area contributed by atoms with E-state index in [9.17, 15) is 0 Å². The Labute approximate surface area is 129 Å². The normalized spacial score (nSPS) is 12.8. The first-order valence-electron chi connectivity index (χ1n) is 6.82. The van der Waals surface area contributed by atoms with Crippen LogP contribution in [0.25, 0.3) is 0 Å². The Hall–Kier alpha value is -1.47. The molecule has 0 bridgehead atoms. The molecule has 2 heterocycles. The largest absolute Gasteiger partial charge is 0.308 e. The molecule has 0 aliphatic heterocycles. The summed E-state index contributed by atoms with van der Waals surface area (Å²) in [5.74, 6) is 5.73. The van der Waals surface area contributed by atoms with Gasteiger partial charge in [-0.3, -0.25) is 20.9 Å². The summed E-state index contributed by atoms with van der Waals surface area (Å²) in [6.07, 6.45) is 5.94. The van der Waals surface area contributed by atoms with E-state index in [-0.39, 0.29) is 6.04 Å². The third kappa shape index (κ3) is 4.25. The number of pyridine rings is 1. The van der Waals surface area contributed by atoms with Crippen LogP contribution in [-0.2, 0) is 13.0 Å². The van der Waals surface area contributed by atoms with E-state index in [1.165, 1.54) is 0 Å². The van der Waals surface area contributed by atoms with E-state index < -0.39 is 0 Å². The Morgan fingerprint density at radius 3 is 2.71 bits per heavy atom. The molecule has 3 N–H and O–H groups in total. The number of halogens is 1. The number of nitrogens with zero attached hydrogens (tertiary/aromatic N) is 4. The lowest BCUT2D eigenvalue weighted by molar-refractivity contribution is 0.362.